The van der Waals surface area contributed by atoms with Crippen molar-refractivity contribution >= 4 is 11.7 Å². The van der Waals surface area contributed by atoms with Crippen LogP contribution in [0.1, 0.15) is 50.1 Å². The number of anilines is 1. The lowest BCUT2D eigenvalue weighted by Crippen LogP contribution is -2.47. The van der Waals surface area contributed by atoms with E-state index >= 15 is 0 Å². The fraction of sp³-hybridized carbons (Fsp3) is 0.409. The van der Waals surface area contributed by atoms with Gasteiger partial charge in [-0.2, -0.15) is 0 Å². The number of amides is 2. The lowest BCUT2D eigenvalue weighted by Gasteiger charge is -2.44. The largest absolute Gasteiger partial charge is 0.497 e. The first-order valence-electron chi connectivity index (χ1n) is 9.67. The average molecular weight is 366 g/mol. The molecule has 0 bridgehead atoms. The van der Waals surface area contributed by atoms with Crippen molar-refractivity contribution in [3.8, 4) is 11.5 Å². The Kier molecular flexibility index (Phi) is 4.92. The first-order valence-corrected chi connectivity index (χ1v) is 9.67. The molecule has 5 heteroatoms. The van der Waals surface area contributed by atoms with Crippen LogP contribution >= 0.6 is 0 Å². The fourth-order valence-corrected chi connectivity index (χ4v) is 4.28. The van der Waals surface area contributed by atoms with Gasteiger partial charge in [0.15, 0.2) is 0 Å². The summed E-state index contributed by atoms with van der Waals surface area (Å²) in [7, 11) is 1.61. The maximum absolute atomic E-state index is 12.7. The smallest absolute Gasteiger partial charge is 0.319 e. The highest BCUT2D eigenvalue weighted by Gasteiger charge is 2.42. The SMILES string of the molecule is COc1cccc(NC(=O)NC2CC3(CCCCC3)Oc3ccccc32)c1. The quantitative estimate of drug-likeness (QED) is 0.800. The summed E-state index contributed by atoms with van der Waals surface area (Å²) < 4.78 is 11.7. The first-order chi connectivity index (χ1) is 13.2. The van der Waals surface area contributed by atoms with Gasteiger partial charge in [0.2, 0.25) is 0 Å². The van der Waals surface area contributed by atoms with Gasteiger partial charge in [0.1, 0.15) is 17.1 Å². The summed E-state index contributed by atoms with van der Waals surface area (Å²) in [6.07, 6.45) is 6.56. The van der Waals surface area contributed by atoms with Crippen molar-refractivity contribution in [3.05, 3.63) is 54.1 Å². The van der Waals surface area contributed by atoms with E-state index < -0.39 is 0 Å². The fourth-order valence-electron chi connectivity index (χ4n) is 4.28. The lowest BCUT2D eigenvalue weighted by atomic mass is 9.77. The number of para-hydroxylation sites is 1. The molecular weight excluding hydrogens is 340 g/mol. The van der Waals surface area contributed by atoms with Gasteiger partial charge >= 0.3 is 6.03 Å². The molecule has 2 amide bonds. The van der Waals surface area contributed by atoms with Crippen LogP contribution in [0.4, 0.5) is 10.5 Å². The number of carbonyl (C=O) groups excluding carboxylic acids is 1. The maximum Gasteiger partial charge on any atom is 0.319 e. The number of nitrogens with one attached hydrogen (secondary N) is 2. The second-order valence-corrected chi connectivity index (χ2v) is 7.47. The number of hydrogen-bond acceptors (Lipinski definition) is 3. The van der Waals surface area contributed by atoms with Crippen LogP contribution in [-0.2, 0) is 0 Å². The van der Waals surface area contributed by atoms with Gasteiger partial charge in [0.25, 0.3) is 0 Å². The molecule has 0 radical (unpaired) electrons. The normalized spacial score (nSPS) is 20.3. The van der Waals surface area contributed by atoms with E-state index in [4.69, 9.17) is 9.47 Å². The van der Waals surface area contributed by atoms with Crippen molar-refractivity contribution < 1.29 is 14.3 Å². The monoisotopic (exact) mass is 366 g/mol. The van der Waals surface area contributed by atoms with Gasteiger partial charge in [-0.3, -0.25) is 0 Å². The second-order valence-electron chi connectivity index (χ2n) is 7.47. The molecule has 1 saturated carbocycles. The molecule has 5 nitrogen and oxygen atoms in total. The van der Waals surface area contributed by atoms with E-state index in [2.05, 4.69) is 10.6 Å². The molecule has 1 fully saturated rings. The Morgan fingerprint density at radius 1 is 1.11 bits per heavy atom. The molecule has 1 atom stereocenters. The third-order valence-corrected chi connectivity index (χ3v) is 5.59. The van der Waals surface area contributed by atoms with Crippen LogP contribution < -0.4 is 20.1 Å². The topological polar surface area (TPSA) is 59.6 Å². The summed E-state index contributed by atoms with van der Waals surface area (Å²) in [5.41, 5.74) is 1.61. The molecule has 2 aromatic rings. The van der Waals surface area contributed by atoms with Crippen LogP contribution in [0.2, 0.25) is 0 Å². The number of carbonyl (C=O) groups is 1. The summed E-state index contributed by atoms with van der Waals surface area (Å²) in [4.78, 5) is 12.7. The van der Waals surface area contributed by atoms with Crippen molar-refractivity contribution in [2.45, 2.75) is 50.2 Å². The number of rotatable bonds is 3. The van der Waals surface area contributed by atoms with Gasteiger partial charge in [-0.05, 0) is 43.9 Å². The molecule has 2 aliphatic rings. The van der Waals surface area contributed by atoms with Crippen molar-refractivity contribution in [1.29, 1.82) is 0 Å². The van der Waals surface area contributed by atoms with E-state index in [1.165, 1.54) is 19.3 Å². The van der Waals surface area contributed by atoms with E-state index in [0.29, 0.717) is 11.4 Å². The van der Waals surface area contributed by atoms with Crippen LogP contribution in [0.5, 0.6) is 11.5 Å². The molecule has 1 spiro atoms. The summed E-state index contributed by atoms with van der Waals surface area (Å²) in [5.74, 6) is 1.61. The molecule has 27 heavy (non-hydrogen) atoms. The Balaban J connectivity index is 1.51. The third-order valence-electron chi connectivity index (χ3n) is 5.59. The molecule has 2 N–H and O–H groups in total. The van der Waals surface area contributed by atoms with Gasteiger partial charge in [-0.15, -0.1) is 0 Å². The summed E-state index contributed by atoms with van der Waals surface area (Å²) >= 11 is 0. The highest BCUT2D eigenvalue weighted by atomic mass is 16.5. The standard InChI is InChI=1S/C22H26N2O3/c1-26-17-9-7-8-16(14-17)23-21(25)24-19-15-22(12-5-2-6-13-22)27-20-11-4-3-10-18(19)20/h3-4,7-11,14,19H,2,5-6,12-13,15H2,1H3,(H2,23,24,25). The molecule has 1 aliphatic carbocycles. The van der Waals surface area contributed by atoms with E-state index in [0.717, 1.165) is 30.6 Å². The molecule has 1 aliphatic heterocycles. The Bertz CT molecular complexity index is 815. The molecule has 1 unspecified atom stereocenters. The first kappa shape index (κ1) is 17.7. The Morgan fingerprint density at radius 2 is 1.93 bits per heavy atom. The minimum atomic E-state index is -0.212. The van der Waals surface area contributed by atoms with Crippen molar-refractivity contribution in [2.75, 3.05) is 12.4 Å². The number of hydrogen-bond donors (Lipinski definition) is 2. The predicted molar refractivity (Wildman–Crippen MR) is 105 cm³/mol. The molecule has 0 saturated heterocycles. The Hall–Kier alpha value is -2.69. The number of ether oxygens (including phenoxy) is 2. The average Bonchev–Trinajstić information content (AvgIpc) is 2.68. The number of fused-ring (bicyclic) bond motifs is 1. The van der Waals surface area contributed by atoms with Crippen molar-refractivity contribution in [2.24, 2.45) is 0 Å². The summed E-state index contributed by atoms with van der Waals surface area (Å²) in [6.45, 7) is 0. The van der Waals surface area contributed by atoms with E-state index in [9.17, 15) is 4.79 Å². The molecule has 142 valence electrons. The van der Waals surface area contributed by atoms with Gasteiger partial charge < -0.3 is 20.1 Å². The Labute approximate surface area is 160 Å². The third kappa shape index (κ3) is 3.87. The molecular formula is C22H26N2O3. The zero-order chi connectivity index (χ0) is 18.7. The zero-order valence-corrected chi connectivity index (χ0v) is 15.7. The van der Waals surface area contributed by atoms with E-state index in [1.54, 1.807) is 13.2 Å². The highest BCUT2D eigenvalue weighted by Crippen LogP contribution is 2.46. The van der Waals surface area contributed by atoms with E-state index in [-0.39, 0.29) is 17.7 Å². The molecule has 2 aromatic carbocycles. The predicted octanol–water partition coefficient (Wildman–Crippen LogP) is 5.04. The highest BCUT2D eigenvalue weighted by molar-refractivity contribution is 5.89. The Morgan fingerprint density at radius 3 is 2.74 bits per heavy atom. The van der Waals surface area contributed by atoms with Gasteiger partial charge in [-0.25, -0.2) is 4.79 Å². The van der Waals surface area contributed by atoms with Crippen LogP contribution in [0.25, 0.3) is 0 Å². The number of benzene rings is 2. The van der Waals surface area contributed by atoms with Gasteiger partial charge in [0, 0.05) is 23.7 Å². The van der Waals surface area contributed by atoms with Crippen LogP contribution in [0.3, 0.4) is 0 Å². The number of urea groups is 1. The minimum absolute atomic E-state index is 0.0568. The van der Waals surface area contributed by atoms with Gasteiger partial charge in [0.05, 0.1) is 13.2 Å². The minimum Gasteiger partial charge on any atom is -0.497 e. The summed E-state index contributed by atoms with van der Waals surface area (Å²) in [5, 5.41) is 6.08. The van der Waals surface area contributed by atoms with Crippen molar-refractivity contribution in [1.82, 2.24) is 5.32 Å². The zero-order valence-electron chi connectivity index (χ0n) is 15.7. The van der Waals surface area contributed by atoms with Crippen molar-refractivity contribution in [3.63, 3.8) is 0 Å². The summed E-state index contributed by atoms with van der Waals surface area (Å²) in [6, 6.07) is 15.1. The number of methoxy groups -OCH3 is 1. The van der Waals surface area contributed by atoms with E-state index in [1.807, 2.05) is 42.5 Å². The van der Waals surface area contributed by atoms with Crippen LogP contribution in [0, 0.1) is 0 Å². The van der Waals surface area contributed by atoms with Crippen LogP contribution in [0.15, 0.2) is 48.5 Å². The van der Waals surface area contributed by atoms with Gasteiger partial charge in [-0.1, -0.05) is 30.7 Å². The molecule has 4 rings (SSSR count). The molecule has 0 aromatic heterocycles. The molecule has 1 heterocycles. The van der Waals surface area contributed by atoms with Crippen LogP contribution in [-0.4, -0.2) is 18.7 Å². The lowest BCUT2D eigenvalue weighted by molar-refractivity contribution is -0.000994. The second kappa shape index (κ2) is 7.51. The maximum atomic E-state index is 12.7.